The van der Waals surface area contributed by atoms with Crippen LogP contribution in [-0.2, 0) is 19.5 Å². The summed E-state index contributed by atoms with van der Waals surface area (Å²) in [7, 11) is 0. The van der Waals surface area contributed by atoms with Gasteiger partial charge in [-0.2, -0.15) is 0 Å². The average molecular weight is 288 g/mol. The highest BCUT2D eigenvalue weighted by molar-refractivity contribution is 5.28. The fourth-order valence-electron chi connectivity index (χ4n) is 2.03. The Kier molecular flexibility index (Phi) is 6.22. The molecule has 21 heavy (non-hydrogen) atoms. The topological polar surface area (TPSA) is 52.0 Å². The number of benzene rings is 1. The largest absolute Gasteiger partial charge is 0.492 e. The number of ether oxygens (including phenoxy) is 1. The lowest BCUT2D eigenvalue weighted by Gasteiger charge is -2.07. The molecule has 1 aromatic carbocycles. The van der Waals surface area contributed by atoms with Crippen LogP contribution in [0, 0.1) is 0 Å². The number of aryl methyl sites for hydroxylation is 1. The Morgan fingerprint density at radius 3 is 3.00 bits per heavy atom. The van der Waals surface area contributed by atoms with Crippen molar-refractivity contribution in [1.29, 1.82) is 0 Å². The molecule has 0 amide bonds. The van der Waals surface area contributed by atoms with E-state index >= 15 is 0 Å². The Morgan fingerprint density at radius 1 is 1.29 bits per heavy atom. The highest BCUT2D eigenvalue weighted by Gasteiger charge is 2.01. The van der Waals surface area contributed by atoms with Crippen LogP contribution >= 0.6 is 0 Å². The molecule has 0 spiro atoms. The SMILES string of the molecule is CCCNCc1cn(CCOc2cccc(CC)c2)nn1. The molecule has 0 saturated heterocycles. The van der Waals surface area contributed by atoms with Gasteiger partial charge in [0.15, 0.2) is 0 Å². The highest BCUT2D eigenvalue weighted by Crippen LogP contribution is 2.13. The third-order valence-corrected chi connectivity index (χ3v) is 3.21. The lowest BCUT2D eigenvalue weighted by Crippen LogP contribution is -2.14. The van der Waals surface area contributed by atoms with Crippen molar-refractivity contribution in [3.05, 3.63) is 41.7 Å². The minimum atomic E-state index is 0.596. The fourth-order valence-corrected chi connectivity index (χ4v) is 2.03. The minimum Gasteiger partial charge on any atom is -0.492 e. The summed E-state index contributed by atoms with van der Waals surface area (Å²) in [5.74, 6) is 0.916. The van der Waals surface area contributed by atoms with Crippen molar-refractivity contribution >= 4 is 0 Å². The molecule has 0 atom stereocenters. The molecule has 0 aliphatic carbocycles. The van der Waals surface area contributed by atoms with E-state index in [2.05, 4.69) is 41.6 Å². The number of aromatic nitrogens is 3. The lowest BCUT2D eigenvalue weighted by atomic mass is 10.2. The molecule has 0 aliphatic heterocycles. The summed E-state index contributed by atoms with van der Waals surface area (Å²) in [5.41, 5.74) is 2.26. The van der Waals surface area contributed by atoms with E-state index in [1.165, 1.54) is 5.56 Å². The summed E-state index contributed by atoms with van der Waals surface area (Å²) < 4.78 is 7.58. The molecular formula is C16H24N4O. The third kappa shape index (κ3) is 5.19. The lowest BCUT2D eigenvalue weighted by molar-refractivity contribution is 0.289. The maximum Gasteiger partial charge on any atom is 0.119 e. The van der Waals surface area contributed by atoms with Gasteiger partial charge in [0.2, 0.25) is 0 Å². The Balaban J connectivity index is 1.75. The first-order valence-corrected chi connectivity index (χ1v) is 7.63. The molecule has 0 aliphatic rings. The smallest absolute Gasteiger partial charge is 0.119 e. The van der Waals surface area contributed by atoms with Gasteiger partial charge >= 0.3 is 0 Å². The van der Waals surface area contributed by atoms with Crippen LogP contribution in [0.4, 0.5) is 0 Å². The number of rotatable bonds is 9. The molecule has 2 aromatic rings. The van der Waals surface area contributed by atoms with Crippen LogP contribution in [0.5, 0.6) is 5.75 Å². The highest BCUT2D eigenvalue weighted by atomic mass is 16.5. The van der Waals surface area contributed by atoms with Gasteiger partial charge in [-0.3, -0.25) is 0 Å². The summed E-state index contributed by atoms with van der Waals surface area (Å²) in [6, 6.07) is 8.21. The first-order valence-electron chi connectivity index (χ1n) is 7.63. The van der Waals surface area contributed by atoms with Crippen LogP contribution in [0.1, 0.15) is 31.5 Å². The van der Waals surface area contributed by atoms with Crippen LogP contribution < -0.4 is 10.1 Å². The van der Waals surface area contributed by atoms with Crippen LogP contribution in [0.15, 0.2) is 30.5 Å². The van der Waals surface area contributed by atoms with Crippen molar-refractivity contribution in [3.63, 3.8) is 0 Å². The number of hydrogen-bond acceptors (Lipinski definition) is 4. The van der Waals surface area contributed by atoms with Gasteiger partial charge in [-0.25, -0.2) is 4.68 Å². The molecule has 1 aromatic heterocycles. The summed E-state index contributed by atoms with van der Waals surface area (Å²) >= 11 is 0. The van der Waals surface area contributed by atoms with Gasteiger partial charge in [0.1, 0.15) is 12.4 Å². The van der Waals surface area contributed by atoms with Gasteiger partial charge < -0.3 is 10.1 Å². The second kappa shape index (κ2) is 8.42. The molecule has 0 saturated carbocycles. The van der Waals surface area contributed by atoms with E-state index in [9.17, 15) is 0 Å². The van der Waals surface area contributed by atoms with E-state index in [4.69, 9.17) is 4.74 Å². The van der Waals surface area contributed by atoms with Gasteiger partial charge in [-0.15, -0.1) is 5.10 Å². The Hall–Kier alpha value is -1.88. The third-order valence-electron chi connectivity index (χ3n) is 3.21. The molecule has 0 unspecified atom stereocenters. The zero-order chi connectivity index (χ0) is 14.9. The van der Waals surface area contributed by atoms with E-state index < -0.39 is 0 Å². The molecule has 0 bridgehead atoms. The van der Waals surface area contributed by atoms with Crippen molar-refractivity contribution in [2.45, 2.75) is 39.8 Å². The molecule has 5 nitrogen and oxygen atoms in total. The molecular weight excluding hydrogens is 264 g/mol. The zero-order valence-corrected chi connectivity index (χ0v) is 12.9. The number of nitrogens with one attached hydrogen (secondary N) is 1. The van der Waals surface area contributed by atoms with Crippen molar-refractivity contribution in [3.8, 4) is 5.75 Å². The Morgan fingerprint density at radius 2 is 2.19 bits per heavy atom. The van der Waals surface area contributed by atoms with Crippen molar-refractivity contribution in [1.82, 2.24) is 20.3 Å². The van der Waals surface area contributed by atoms with Gasteiger partial charge in [0.25, 0.3) is 0 Å². The Bertz CT molecular complexity index is 539. The summed E-state index contributed by atoms with van der Waals surface area (Å²) in [4.78, 5) is 0. The van der Waals surface area contributed by atoms with E-state index in [1.54, 1.807) is 0 Å². The maximum atomic E-state index is 5.76. The first kappa shape index (κ1) is 15.5. The van der Waals surface area contributed by atoms with Crippen LogP contribution in [-0.4, -0.2) is 28.1 Å². The molecule has 1 N–H and O–H groups in total. The molecule has 0 fully saturated rings. The van der Waals surface area contributed by atoms with Gasteiger partial charge in [0.05, 0.1) is 12.2 Å². The monoisotopic (exact) mass is 288 g/mol. The second-order valence-electron chi connectivity index (χ2n) is 5.00. The minimum absolute atomic E-state index is 0.596. The van der Waals surface area contributed by atoms with Gasteiger partial charge in [0, 0.05) is 12.7 Å². The second-order valence-corrected chi connectivity index (χ2v) is 5.00. The van der Waals surface area contributed by atoms with Crippen molar-refractivity contribution in [2.75, 3.05) is 13.2 Å². The predicted molar refractivity (Wildman–Crippen MR) is 83.3 cm³/mol. The summed E-state index contributed by atoms with van der Waals surface area (Å²) in [6.07, 6.45) is 4.11. The molecule has 5 heteroatoms. The Labute approximate surface area is 126 Å². The summed E-state index contributed by atoms with van der Waals surface area (Å²) in [6.45, 7) is 7.36. The van der Waals surface area contributed by atoms with Crippen LogP contribution in [0.3, 0.4) is 0 Å². The molecule has 2 rings (SSSR count). The van der Waals surface area contributed by atoms with Crippen LogP contribution in [0.25, 0.3) is 0 Å². The maximum absolute atomic E-state index is 5.76. The first-order chi connectivity index (χ1) is 10.3. The quantitative estimate of drug-likeness (QED) is 0.720. The normalized spacial score (nSPS) is 10.8. The zero-order valence-electron chi connectivity index (χ0n) is 12.9. The van der Waals surface area contributed by atoms with E-state index in [0.29, 0.717) is 13.2 Å². The van der Waals surface area contributed by atoms with E-state index in [-0.39, 0.29) is 0 Å². The van der Waals surface area contributed by atoms with E-state index in [1.807, 2.05) is 23.0 Å². The van der Waals surface area contributed by atoms with Crippen molar-refractivity contribution in [2.24, 2.45) is 0 Å². The van der Waals surface area contributed by atoms with Gasteiger partial charge in [-0.1, -0.05) is 31.2 Å². The van der Waals surface area contributed by atoms with Gasteiger partial charge in [-0.05, 0) is 37.1 Å². The van der Waals surface area contributed by atoms with Crippen LogP contribution in [0.2, 0.25) is 0 Å². The predicted octanol–water partition coefficient (Wildman–Crippen LogP) is 2.42. The average Bonchev–Trinajstić information content (AvgIpc) is 2.96. The van der Waals surface area contributed by atoms with Crippen molar-refractivity contribution < 1.29 is 4.74 Å². The number of nitrogens with zero attached hydrogens (tertiary/aromatic N) is 3. The standard InChI is InChI=1S/C16H24N4O/c1-3-8-17-12-15-13-20(19-18-15)9-10-21-16-7-5-6-14(4-2)11-16/h5-7,11,13,17H,3-4,8-10,12H2,1-2H3. The fraction of sp³-hybridized carbons (Fsp3) is 0.500. The molecule has 0 radical (unpaired) electrons. The summed E-state index contributed by atoms with van der Waals surface area (Å²) in [5, 5.41) is 11.6. The number of hydrogen-bond donors (Lipinski definition) is 1. The molecule has 1 heterocycles. The van der Waals surface area contributed by atoms with E-state index in [0.717, 1.165) is 37.4 Å². The molecule has 114 valence electrons.